The van der Waals surface area contributed by atoms with E-state index in [2.05, 4.69) is 42.2 Å². The number of hydrogen-bond donors (Lipinski definition) is 0. The molecular formula is C17H16N2. The summed E-state index contributed by atoms with van der Waals surface area (Å²) in [7, 11) is 0. The normalized spacial score (nSPS) is 17.7. The minimum absolute atomic E-state index is 0.644. The number of benzene rings is 2. The molecule has 0 N–H and O–H groups in total. The van der Waals surface area contributed by atoms with E-state index in [-0.39, 0.29) is 0 Å². The summed E-state index contributed by atoms with van der Waals surface area (Å²) >= 11 is 0. The van der Waals surface area contributed by atoms with Gasteiger partial charge in [0.15, 0.2) is 0 Å². The molecule has 0 aliphatic carbocycles. The van der Waals surface area contributed by atoms with Gasteiger partial charge in [-0.25, -0.2) is 0 Å². The molecule has 1 aliphatic rings. The fourth-order valence-corrected chi connectivity index (χ4v) is 2.76. The molecule has 0 fully saturated rings. The predicted octanol–water partition coefficient (Wildman–Crippen LogP) is 3.89. The molecule has 1 heterocycles. The molecular weight excluding hydrogens is 232 g/mol. The number of nitrogens with zero attached hydrogens (tertiary/aromatic N) is 2. The third-order valence-electron chi connectivity index (χ3n) is 3.65. The molecule has 0 saturated carbocycles. The zero-order valence-electron chi connectivity index (χ0n) is 11.0. The molecule has 94 valence electrons. The summed E-state index contributed by atoms with van der Waals surface area (Å²) in [5.74, 6) is 0.644. The summed E-state index contributed by atoms with van der Waals surface area (Å²) in [6, 6.07) is 18.6. The Balaban J connectivity index is 2.02. The second-order valence-corrected chi connectivity index (χ2v) is 5.21. The number of anilines is 2. The van der Waals surface area contributed by atoms with Crippen LogP contribution in [0, 0.1) is 17.2 Å². The van der Waals surface area contributed by atoms with E-state index in [0.29, 0.717) is 11.5 Å². The highest BCUT2D eigenvalue weighted by molar-refractivity contribution is 5.68. The van der Waals surface area contributed by atoms with Gasteiger partial charge in [0.05, 0.1) is 11.6 Å². The van der Waals surface area contributed by atoms with Crippen LogP contribution in [0.5, 0.6) is 0 Å². The summed E-state index contributed by atoms with van der Waals surface area (Å²) in [4.78, 5) is 2.35. The zero-order chi connectivity index (χ0) is 13.2. The highest BCUT2D eigenvalue weighted by Crippen LogP contribution is 2.35. The van der Waals surface area contributed by atoms with Gasteiger partial charge in [-0.3, -0.25) is 0 Å². The third-order valence-corrected chi connectivity index (χ3v) is 3.65. The largest absolute Gasteiger partial charge is 0.341 e. The van der Waals surface area contributed by atoms with Crippen molar-refractivity contribution in [3.63, 3.8) is 0 Å². The quantitative estimate of drug-likeness (QED) is 0.765. The van der Waals surface area contributed by atoms with Crippen LogP contribution in [0.2, 0.25) is 0 Å². The van der Waals surface area contributed by atoms with Crippen molar-refractivity contribution in [2.24, 2.45) is 5.92 Å². The maximum absolute atomic E-state index is 8.88. The van der Waals surface area contributed by atoms with E-state index in [0.717, 1.165) is 18.7 Å². The molecule has 2 heteroatoms. The van der Waals surface area contributed by atoms with Gasteiger partial charge in [0.25, 0.3) is 0 Å². The molecule has 3 rings (SSSR count). The van der Waals surface area contributed by atoms with Crippen molar-refractivity contribution >= 4 is 11.4 Å². The summed E-state index contributed by atoms with van der Waals surface area (Å²) in [5, 5.41) is 8.88. The lowest BCUT2D eigenvalue weighted by Gasteiger charge is -2.34. The van der Waals surface area contributed by atoms with Crippen molar-refractivity contribution in [2.75, 3.05) is 11.4 Å². The first-order valence-electron chi connectivity index (χ1n) is 6.63. The lowest BCUT2D eigenvalue weighted by molar-refractivity contribution is 0.562. The van der Waals surface area contributed by atoms with Gasteiger partial charge < -0.3 is 4.90 Å². The zero-order valence-corrected chi connectivity index (χ0v) is 11.0. The molecule has 0 aromatic heterocycles. The fraction of sp³-hybridized carbons (Fsp3) is 0.235. The van der Waals surface area contributed by atoms with Crippen molar-refractivity contribution in [2.45, 2.75) is 13.3 Å². The molecule has 2 aromatic carbocycles. The Morgan fingerprint density at radius 2 is 1.84 bits per heavy atom. The van der Waals surface area contributed by atoms with Crippen molar-refractivity contribution in [3.8, 4) is 6.07 Å². The number of hydrogen-bond acceptors (Lipinski definition) is 2. The van der Waals surface area contributed by atoms with Gasteiger partial charge in [0, 0.05) is 17.9 Å². The topological polar surface area (TPSA) is 27.0 Å². The number of para-hydroxylation sites is 1. The van der Waals surface area contributed by atoms with E-state index in [1.807, 2.05) is 24.3 Å². The summed E-state index contributed by atoms with van der Waals surface area (Å²) in [5.41, 5.74) is 4.58. The van der Waals surface area contributed by atoms with Crippen molar-refractivity contribution in [1.29, 1.82) is 5.26 Å². The minimum atomic E-state index is 0.644. The molecule has 0 saturated heterocycles. The molecule has 0 amide bonds. The molecule has 0 spiro atoms. The predicted molar refractivity (Wildman–Crippen MR) is 77.5 cm³/mol. The summed E-state index contributed by atoms with van der Waals surface area (Å²) < 4.78 is 0. The second kappa shape index (κ2) is 4.78. The smallest absolute Gasteiger partial charge is 0.0991 e. The Hall–Kier alpha value is -2.27. The Labute approximate surface area is 113 Å². The van der Waals surface area contributed by atoms with Gasteiger partial charge in [-0.2, -0.15) is 5.26 Å². The molecule has 1 atom stereocenters. The van der Waals surface area contributed by atoms with Crippen LogP contribution in [0.1, 0.15) is 18.1 Å². The van der Waals surface area contributed by atoms with Crippen LogP contribution in [0.15, 0.2) is 48.5 Å². The standard InChI is InChI=1S/C17H16N2/c1-13-10-15-4-2-3-5-17(15)19(12-13)16-8-6-14(11-18)7-9-16/h2-9,13H,10,12H2,1H3. The molecule has 19 heavy (non-hydrogen) atoms. The van der Waals surface area contributed by atoms with Gasteiger partial charge in [-0.15, -0.1) is 0 Å². The van der Waals surface area contributed by atoms with E-state index in [1.54, 1.807) is 0 Å². The monoisotopic (exact) mass is 248 g/mol. The number of fused-ring (bicyclic) bond motifs is 1. The second-order valence-electron chi connectivity index (χ2n) is 5.21. The van der Waals surface area contributed by atoms with Crippen molar-refractivity contribution in [3.05, 3.63) is 59.7 Å². The minimum Gasteiger partial charge on any atom is -0.341 e. The Morgan fingerprint density at radius 3 is 2.58 bits per heavy atom. The van der Waals surface area contributed by atoms with Gasteiger partial charge in [0.1, 0.15) is 0 Å². The Kier molecular flexibility index (Phi) is 2.97. The number of rotatable bonds is 1. The van der Waals surface area contributed by atoms with Gasteiger partial charge in [-0.1, -0.05) is 25.1 Å². The maximum atomic E-state index is 8.88. The molecule has 1 unspecified atom stereocenters. The fourth-order valence-electron chi connectivity index (χ4n) is 2.76. The summed E-state index contributed by atoms with van der Waals surface area (Å²) in [6.45, 7) is 3.31. The van der Waals surface area contributed by atoms with Crippen LogP contribution in [-0.4, -0.2) is 6.54 Å². The molecule has 2 nitrogen and oxygen atoms in total. The van der Waals surface area contributed by atoms with Crippen LogP contribution in [0.25, 0.3) is 0 Å². The van der Waals surface area contributed by atoms with Crippen molar-refractivity contribution < 1.29 is 0 Å². The third kappa shape index (κ3) is 2.20. The Morgan fingerprint density at radius 1 is 1.11 bits per heavy atom. The van der Waals surface area contributed by atoms with Gasteiger partial charge >= 0.3 is 0 Å². The number of nitriles is 1. The first-order chi connectivity index (χ1) is 9.28. The first kappa shape index (κ1) is 11.8. The van der Waals surface area contributed by atoms with Crippen LogP contribution >= 0.6 is 0 Å². The average molecular weight is 248 g/mol. The van der Waals surface area contributed by atoms with E-state index < -0.39 is 0 Å². The van der Waals surface area contributed by atoms with Gasteiger partial charge in [0.2, 0.25) is 0 Å². The lowest BCUT2D eigenvalue weighted by atomic mass is 9.93. The molecule has 0 bridgehead atoms. The lowest BCUT2D eigenvalue weighted by Crippen LogP contribution is -2.30. The first-order valence-corrected chi connectivity index (χ1v) is 6.63. The Bertz CT molecular complexity index is 622. The van der Waals surface area contributed by atoms with E-state index >= 15 is 0 Å². The molecule has 0 radical (unpaired) electrons. The SMILES string of the molecule is CC1Cc2ccccc2N(c2ccc(C#N)cc2)C1. The molecule has 1 aliphatic heterocycles. The van der Waals surface area contributed by atoms with E-state index in [1.165, 1.54) is 11.3 Å². The summed E-state index contributed by atoms with van der Waals surface area (Å²) in [6.07, 6.45) is 1.14. The maximum Gasteiger partial charge on any atom is 0.0991 e. The van der Waals surface area contributed by atoms with Crippen LogP contribution < -0.4 is 4.90 Å². The van der Waals surface area contributed by atoms with Gasteiger partial charge in [-0.05, 0) is 48.2 Å². The van der Waals surface area contributed by atoms with Crippen LogP contribution in [0.3, 0.4) is 0 Å². The highest BCUT2D eigenvalue weighted by atomic mass is 15.1. The van der Waals surface area contributed by atoms with E-state index in [9.17, 15) is 0 Å². The van der Waals surface area contributed by atoms with Crippen LogP contribution in [0.4, 0.5) is 11.4 Å². The van der Waals surface area contributed by atoms with Crippen molar-refractivity contribution in [1.82, 2.24) is 0 Å². The van der Waals surface area contributed by atoms with E-state index in [4.69, 9.17) is 5.26 Å². The van der Waals surface area contributed by atoms with Crippen LogP contribution in [-0.2, 0) is 6.42 Å². The molecule has 2 aromatic rings. The highest BCUT2D eigenvalue weighted by Gasteiger charge is 2.22. The average Bonchev–Trinajstić information content (AvgIpc) is 2.46.